The van der Waals surface area contributed by atoms with Crippen molar-refractivity contribution in [2.75, 3.05) is 12.4 Å². The van der Waals surface area contributed by atoms with E-state index in [1.807, 2.05) is 18.2 Å². The van der Waals surface area contributed by atoms with Gasteiger partial charge in [0.05, 0.1) is 7.11 Å². The van der Waals surface area contributed by atoms with E-state index in [0.717, 1.165) is 11.1 Å². The molecule has 0 saturated heterocycles. The van der Waals surface area contributed by atoms with Gasteiger partial charge in [-0.05, 0) is 54.6 Å². The van der Waals surface area contributed by atoms with Gasteiger partial charge in [0.1, 0.15) is 22.9 Å². The second kappa shape index (κ2) is 6.36. The van der Waals surface area contributed by atoms with E-state index in [4.69, 9.17) is 9.15 Å². The Morgan fingerprint density at radius 2 is 1.96 bits per heavy atom. The van der Waals surface area contributed by atoms with E-state index >= 15 is 0 Å². The van der Waals surface area contributed by atoms with Gasteiger partial charge in [-0.2, -0.15) is 0 Å². The molecule has 0 unspecified atom stereocenters. The van der Waals surface area contributed by atoms with Gasteiger partial charge in [-0.25, -0.2) is 4.39 Å². The molecule has 5 heteroatoms. The van der Waals surface area contributed by atoms with Crippen LogP contribution in [0.1, 0.15) is 5.76 Å². The van der Waals surface area contributed by atoms with Crippen molar-refractivity contribution >= 4 is 28.6 Å². The minimum Gasteiger partial charge on any atom is -0.497 e. The number of halogens is 1. The van der Waals surface area contributed by atoms with E-state index in [0.29, 0.717) is 17.0 Å². The van der Waals surface area contributed by atoms with Crippen molar-refractivity contribution < 1.29 is 18.3 Å². The minimum atomic E-state index is -0.351. The van der Waals surface area contributed by atoms with Crippen molar-refractivity contribution in [2.24, 2.45) is 0 Å². The van der Waals surface area contributed by atoms with Gasteiger partial charge < -0.3 is 14.5 Å². The number of carbonyl (C=O) groups is 1. The third-order valence-electron chi connectivity index (χ3n) is 3.25. The molecule has 0 radical (unpaired) electrons. The van der Waals surface area contributed by atoms with Crippen LogP contribution in [0.5, 0.6) is 5.75 Å². The molecule has 0 aliphatic rings. The molecule has 3 aromatic rings. The highest BCUT2D eigenvalue weighted by Gasteiger charge is 2.04. The maximum absolute atomic E-state index is 12.8. The number of furan rings is 1. The molecule has 1 aromatic heterocycles. The largest absolute Gasteiger partial charge is 0.497 e. The molecule has 1 amide bonds. The summed E-state index contributed by atoms with van der Waals surface area (Å²) in [6.07, 6.45) is 2.93. The van der Waals surface area contributed by atoms with E-state index in [1.165, 1.54) is 30.3 Å². The normalized spacial score (nSPS) is 11.0. The first-order valence-electron chi connectivity index (χ1n) is 6.96. The highest BCUT2D eigenvalue weighted by atomic mass is 19.1. The number of nitrogens with one attached hydrogen (secondary N) is 1. The number of benzene rings is 2. The summed E-state index contributed by atoms with van der Waals surface area (Å²) in [6, 6.07) is 12.8. The molecule has 2 aromatic carbocycles. The van der Waals surface area contributed by atoms with Crippen molar-refractivity contribution in [3.63, 3.8) is 0 Å². The van der Waals surface area contributed by atoms with Crippen LogP contribution in [0.4, 0.5) is 10.1 Å². The lowest BCUT2D eigenvalue weighted by molar-refractivity contribution is -0.111. The average molecular weight is 311 g/mol. The van der Waals surface area contributed by atoms with Crippen LogP contribution in [0.25, 0.3) is 17.0 Å². The van der Waals surface area contributed by atoms with Crippen LogP contribution < -0.4 is 10.1 Å². The fourth-order valence-corrected chi connectivity index (χ4v) is 2.13. The van der Waals surface area contributed by atoms with Crippen LogP contribution in [-0.2, 0) is 4.79 Å². The van der Waals surface area contributed by atoms with Crippen molar-refractivity contribution in [2.45, 2.75) is 0 Å². The number of rotatable bonds is 4. The highest BCUT2D eigenvalue weighted by Crippen LogP contribution is 2.24. The molecule has 1 heterocycles. The molecule has 3 rings (SSSR count). The fraction of sp³-hybridized carbons (Fsp3) is 0.0556. The lowest BCUT2D eigenvalue weighted by Crippen LogP contribution is -2.07. The van der Waals surface area contributed by atoms with Crippen molar-refractivity contribution in [1.82, 2.24) is 0 Å². The minimum absolute atomic E-state index is 0.324. The molecular formula is C18H14FNO3. The first-order valence-corrected chi connectivity index (χ1v) is 6.96. The lowest BCUT2D eigenvalue weighted by atomic mass is 10.2. The second-order valence-corrected chi connectivity index (χ2v) is 4.88. The third kappa shape index (κ3) is 3.58. The second-order valence-electron chi connectivity index (χ2n) is 4.88. The molecule has 0 atom stereocenters. The molecule has 0 aliphatic heterocycles. The standard InChI is InChI=1S/C18H14FNO3/c1-22-15-6-8-17-12(10-15)11-16(23-17)7-9-18(21)20-14-4-2-13(19)3-5-14/h2-11H,1H3,(H,20,21). The fourth-order valence-electron chi connectivity index (χ4n) is 2.13. The van der Waals surface area contributed by atoms with Gasteiger partial charge in [0.25, 0.3) is 0 Å². The number of carbonyl (C=O) groups excluding carboxylic acids is 1. The van der Waals surface area contributed by atoms with E-state index in [-0.39, 0.29) is 11.7 Å². The molecule has 116 valence electrons. The summed E-state index contributed by atoms with van der Waals surface area (Å²) in [6.45, 7) is 0. The zero-order valence-electron chi connectivity index (χ0n) is 12.4. The summed E-state index contributed by atoms with van der Waals surface area (Å²) in [5.74, 6) is 0.622. The number of methoxy groups -OCH3 is 1. The Hall–Kier alpha value is -3.08. The lowest BCUT2D eigenvalue weighted by Gasteiger charge is -2.00. The van der Waals surface area contributed by atoms with E-state index in [2.05, 4.69) is 5.32 Å². The number of amides is 1. The van der Waals surface area contributed by atoms with Crippen LogP contribution in [0, 0.1) is 5.82 Å². The molecule has 1 N–H and O–H groups in total. The molecule has 0 fully saturated rings. The van der Waals surface area contributed by atoms with Crippen LogP contribution in [0.3, 0.4) is 0 Å². The molecule has 23 heavy (non-hydrogen) atoms. The number of hydrogen-bond donors (Lipinski definition) is 1. The van der Waals surface area contributed by atoms with Gasteiger partial charge in [0, 0.05) is 17.1 Å². The summed E-state index contributed by atoms with van der Waals surface area (Å²) in [4.78, 5) is 11.8. The van der Waals surface area contributed by atoms with Gasteiger partial charge in [-0.15, -0.1) is 0 Å². The number of hydrogen-bond acceptors (Lipinski definition) is 3. The highest BCUT2D eigenvalue weighted by molar-refractivity contribution is 6.02. The topological polar surface area (TPSA) is 51.5 Å². The van der Waals surface area contributed by atoms with Crippen LogP contribution in [0.2, 0.25) is 0 Å². The predicted octanol–water partition coefficient (Wildman–Crippen LogP) is 4.23. The summed E-state index contributed by atoms with van der Waals surface area (Å²) < 4.78 is 23.6. The van der Waals surface area contributed by atoms with E-state index < -0.39 is 0 Å². The van der Waals surface area contributed by atoms with Gasteiger partial charge in [-0.1, -0.05) is 0 Å². The number of fused-ring (bicyclic) bond motifs is 1. The monoisotopic (exact) mass is 311 g/mol. The smallest absolute Gasteiger partial charge is 0.248 e. The van der Waals surface area contributed by atoms with Crippen molar-refractivity contribution in [1.29, 1.82) is 0 Å². The van der Waals surface area contributed by atoms with Crippen molar-refractivity contribution in [3.8, 4) is 5.75 Å². The SMILES string of the molecule is COc1ccc2oc(C=CC(=O)Nc3ccc(F)cc3)cc2c1. The molecule has 0 saturated carbocycles. The van der Waals surface area contributed by atoms with Crippen LogP contribution in [0.15, 0.2) is 59.0 Å². The Bertz CT molecular complexity index is 866. The first-order chi connectivity index (χ1) is 11.1. The number of ether oxygens (including phenoxy) is 1. The van der Waals surface area contributed by atoms with Crippen LogP contribution in [-0.4, -0.2) is 13.0 Å². The van der Waals surface area contributed by atoms with E-state index in [1.54, 1.807) is 19.3 Å². The Balaban J connectivity index is 1.71. The van der Waals surface area contributed by atoms with Gasteiger partial charge >= 0.3 is 0 Å². The summed E-state index contributed by atoms with van der Waals surface area (Å²) in [5.41, 5.74) is 1.24. The maximum Gasteiger partial charge on any atom is 0.248 e. The van der Waals surface area contributed by atoms with Gasteiger partial charge in [-0.3, -0.25) is 4.79 Å². The Morgan fingerprint density at radius 1 is 1.17 bits per heavy atom. The first kappa shape index (κ1) is 14.8. The van der Waals surface area contributed by atoms with Gasteiger partial charge in [0.15, 0.2) is 0 Å². The summed E-state index contributed by atoms with van der Waals surface area (Å²) in [5, 5.41) is 3.53. The summed E-state index contributed by atoms with van der Waals surface area (Å²) in [7, 11) is 1.60. The van der Waals surface area contributed by atoms with Crippen molar-refractivity contribution in [3.05, 3.63) is 66.2 Å². The number of anilines is 1. The Labute approximate surface area is 132 Å². The Kier molecular flexibility index (Phi) is 4.10. The third-order valence-corrected chi connectivity index (χ3v) is 3.25. The zero-order chi connectivity index (χ0) is 16.2. The Morgan fingerprint density at radius 3 is 2.70 bits per heavy atom. The maximum atomic E-state index is 12.8. The van der Waals surface area contributed by atoms with Gasteiger partial charge in [0.2, 0.25) is 5.91 Å². The quantitative estimate of drug-likeness (QED) is 0.733. The molecule has 0 spiro atoms. The zero-order valence-corrected chi connectivity index (χ0v) is 12.4. The van der Waals surface area contributed by atoms with E-state index in [9.17, 15) is 9.18 Å². The molecular weight excluding hydrogens is 297 g/mol. The van der Waals surface area contributed by atoms with Crippen LogP contribution >= 0.6 is 0 Å². The molecule has 0 aliphatic carbocycles. The molecule has 4 nitrogen and oxygen atoms in total. The predicted molar refractivity (Wildman–Crippen MR) is 86.8 cm³/mol. The molecule has 0 bridgehead atoms. The summed E-state index contributed by atoms with van der Waals surface area (Å²) >= 11 is 0. The average Bonchev–Trinajstić information content (AvgIpc) is 2.97.